The Kier molecular flexibility index (Phi) is 6.05. The molecule has 0 saturated heterocycles. The van der Waals surface area contributed by atoms with Crippen LogP contribution in [0.1, 0.15) is 28.5 Å². The molecule has 1 aromatic heterocycles. The normalized spacial score (nSPS) is 18.5. The van der Waals surface area contributed by atoms with Crippen LogP contribution in [0.2, 0.25) is 10.0 Å². The molecular weight excluding hydrogens is 451 g/mol. The molecule has 0 saturated carbocycles. The average Bonchev–Trinajstić information content (AvgIpc) is 3.04. The van der Waals surface area contributed by atoms with Crippen molar-refractivity contribution in [1.82, 2.24) is 9.88 Å². The van der Waals surface area contributed by atoms with E-state index in [1.165, 1.54) is 20.2 Å². The number of carbonyl (C=O) groups excluding carboxylic acids is 2. The lowest BCUT2D eigenvalue weighted by atomic mass is 9.88. The van der Waals surface area contributed by atoms with Crippen LogP contribution in [0.4, 0.5) is 0 Å². The van der Waals surface area contributed by atoms with Crippen molar-refractivity contribution in [3.63, 3.8) is 0 Å². The number of hydrogen-bond donors (Lipinski definition) is 1. The maximum Gasteiger partial charge on any atom is 0.263 e. The van der Waals surface area contributed by atoms with Gasteiger partial charge >= 0.3 is 0 Å². The van der Waals surface area contributed by atoms with Crippen LogP contribution in [-0.4, -0.2) is 40.0 Å². The first-order valence-corrected chi connectivity index (χ1v) is 10.7. The van der Waals surface area contributed by atoms with E-state index >= 15 is 0 Å². The van der Waals surface area contributed by atoms with Crippen molar-refractivity contribution in [2.75, 3.05) is 7.11 Å². The molecule has 1 N–H and O–H groups in total. The zero-order chi connectivity index (χ0) is 23.0. The van der Waals surface area contributed by atoms with Crippen LogP contribution < -0.4 is 0 Å². The smallest absolute Gasteiger partial charge is 0.263 e. The van der Waals surface area contributed by atoms with Gasteiger partial charge in [0.25, 0.3) is 11.8 Å². The van der Waals surface area contributed by atoms with Crippen molar-refractivity contribution in [3.05, 3.63) is 87.7 Å². The number of methoxy groups -OCH3 is 1. The minimum absolute atomic E-state index is 0.0719. The minimum atomic E-state index is -1.52. The van der Waals surface area contributed by atoms with Gasteiger partial charge in [-0.1, -0.05) is 47.5 Å². The van der Waals surface area contributed by atoms with Crippen LogP contribution in [0, 0.1) is 0 Å². The van der Waals surface area contributed by atoms with Crippen molar-refractivity contribution in [1.29, 1.82) is 0 Å². The molecule has 0 radical (unpaired) electrons. The zero-order valence-corrected chi connectivity index (χ0v) is 18.9. The van der Waals surface area contributed by atoms with Gasteiger partial charge in [-0.05, 0) is 48.4 Å². The highest BCUT2D eigenvalue weighted by Gasteiger charge is 2.55. The molecule has 2 heterocycles. The third-order valence-corrected chi connectivity index (χ3v) is 6.01. The Morgan fingerprint density at radius 3 is 2.34 bits per heavy atom. The van der Waals surface area contributed by atoms with Gasteiger partial charge in [0, 0.05) is 41.6 Å². The van der Waals surface area contributed by atoms with Crippen LogP contribution in [0.5, 0.6) is 0 Å². The summed E-state index contributed by atoms with van der Waals surface area (Å²) in [6.07, 6.45) is 0.159. The topological polar surface area (TPSA) is 79.7 Å². The molecule has 0 bridgehead atoms. The van der Waals surface area contributed by atoms with Crippen molar-refractivity contribution in [2.45, 2.75) is 25.2 Å². The molecule has 2 atom stereocenters. The van der Waals surface area contributed by atoms with E-state index in [9.17, 15) is 14.7 Å². The Morgan fingerprint density at radius 1 is 1.09 bits per heavy atom. The Hall–Kier alpha value is -2.77. The molecule has 1 aliphatic rings. The summed E-state index contributed by atoms with van der Waals surface area (Å²) >= 11 is 12.0. The van der Waals surface area contributed by atoms with Crippen LogP contribution >= 0.6 is 23.2 Å². The van der Waals surface area contributed by atoms with Crippen LogP contribution in [-0.2, 0) is 21.7 Å². The highest BCUT2D eigenvalue weighted by atomic mass is 35.5. The Labute approximate surface area is 195 Å². The first-order chi connectivity index (χ1) is 15.3. The van der Waals surface area contributed by atoms with Gasteiger partial charge in [-0.15, -0.1) is 0 Å². The van der Waals surface area contributed by atoms with E-state index in [4.69, 9.17) is 27.9 Å². The lowest BCUT2D eigenvalue weighted by molar-refractivity contribution is -0.165. The second-order valence-corrected chi connectivity index (χ2v) is 8.40. The maximum atomic E-state index is 13.5. The number of carbonyl (C=O) groups is 2. The molecule has 3 aromatic rings. The number of pyridine rings is 1. The second-order valence-electron chi connectivity index (χ2n) is 7.52. The van der Waals surface area contributed by atoms with E-state index in [-0.39, 0.29) is 6.42 Å². The molecule has 8 heteroatoms. The summed E-state index contributed by atoms with van der Waals surface area (Å²) in [6.45, 7) is 1.32. The molecule has 32 heavy (non-hydrogen) atoms. The third kappa shape index (κ3) is 3.69. The number of fused-ring (bicyclic) bond motifs is 1. The van der Waals surface area contributed by atoms with Crippen molar-refractivity contribution >= 4 is 35.0 Å². The summed E-state index contributed by atoms with van der Waals surface area (Å²) < 4.78 is 5.97. The van der Waals surface area contributed by atoms with E-state index in [2.05, 4.69) is 4.98 Å². The highest BCUT2D eigenvalue weighted by Crippen LogP contribution is 2.47. The van der Waals surface area contributed by atoms with Gasteiger partial charge in [0.1, 0.15) is 6.10 Å². The van der Waals surface area contributed by atoms with Crippen molar-refractivity contribution in [2.24, 2.45) is 0 Å². The van der Waals surface area contributed by atoms with Gasteiger partial charge in [-0.25, -0.2) is 4.90 Å². The lowest BCUT2D eigenvalue weighted by Crippen LogP contribution is -2.53. The van der Waals surface area contributed by atoms with E-state index in [1.54, 1.807) is 36.4 Å². The molecule has 0 fully saturated rings. The fraction of sp³-hybridized carbons (Fsp3) is 0.208. The number of amides is 2. The van der Waals surface area contributed by atoms with Gasteiger partial charge in [0.15, 0.2) is 5.72 Å². The first kappa shape index (κ1) is 22.4. The number of benzene rings is 2. The van der Waals surface area contributed by atoms with Gasteiger partial charge in [0.05, 0.1) is 5.02 Å². The van der Waals surface area contributed by atoms with Crippen molar-refractivity contribution in [3.8, 4) is 11.1 Å². The summed E-state index contributed by atoms with van der Waals surface area (Å²) in [6, 6.07) is 15.8. The van der Waals surface area contributed by atoms with E-state index in [1.807, 2.05) is 18.2 Å². The number of nitrogens with zero attached hydrogens (tertiary/aromatic N) is 2. The molecule has 2 aromatic carbocycles. The third-order valence-electron chi connectivity index (χ3n) is 5.53. The van der Waals surface area contributed by atoms with E-state index in [0.29, 0.717) is 32.4 Å². The molecule has 1 unspecified atom stereocenters. The average molecular weight is 471 g/mol. The number of hydrogen-bond acceptors (Lipinski definition) is 5. The highest BCUT2D eigenvalue weighted by molar-refractivity contribution is 6.30. The SMILES string of the molecule is CO[C@]1(Cc2ccc(Cl)cn2)c2c(cccc2-c2ccc(Cl)cc2)C(=O)N1C(=O)C(C)O. The standard InChI is InChI=1S/C24H20Cl2N2O4/c1-14(29)22(30)28-23(31)20-5-3-4-19(15-6-8-16(25)9-7-15)21(20)24(28,32-2)12-18-11-10-17(26)13-27-18/h3-11,13-14,29H,12H2,1-2H3/t14?,24-/m1/s1. The number of ether oxygens (including phenoxy) is 1. The molecule has 0 spiro atoms. The number of aliphatic hydroxyl groups is 1. The Morgan fingerprint density at radius 2 is 1.75 bits per heavy atom. The summed E-state index contributed by atoms with van der Waals surface area (Å²) in [7, 11) is 1.43. The second kappa shape index (κ2) is 8.64. The molecule has 2 amide bonds. The zero-order valence-electron chi connectivity index (χ0n) is 17.4. The fourth-order valence-electron chi connectivity index (χ4n) is 4.07. The molecule has 0 aliphatic carbocycles. The molecule has 164 valence electrons. The molecule has 4 rings (SSSR count). The Bertz CT molecular complexity index is 1180. The summed E-state index contributed by atoms with van der Waals surface area (Å²) in [5, 5.41) is 11.1. The predicted molar refractivity (Wildman–Crippen MR) is 121 cm³/mol. The lowest BCUT2D eigenvalue weighted by Gasteiger charge is -2.37. The van der Waals surface area contributed by atoms with Gasteiger partial charge in [-0.3, -0.25) is 14.6 Å². The Balaban J connectivity index is 1.98. The number of halogens is 2. The van der Waals surface area contributed by atoms with Crippen LogP contribution in [0.15, 0.2) is 60.8 Å². The van der Waals surface area contributed by atoms with E-state index < -0.39 is 23.6 Å². The molecular formula is C24H20Cl2N2O4. The fourth-order valence-corrected chi connectivity index (χ4v) is 4.31. The monoisotopic (exact) mass is 470 g/mol. The number of rotatable bonds is 5. The van der Waals surface area contributed by atoms with Gasteiger partial charge in [-0.2, -0.15) is 0 Å². The number of imide groups is 1. The minimum Gasteiger partial charge on any atom is -0.384 e. The molecule has 1 aliphatic heterocycles. The summed E-state index contributed by atoms with van der Waals surface area (Å²) in [4.78, 5) is 31.8. The number of aromatic nitrogens is 1. The van der Waals surface area contributed by atoms with Crippen LogP contribution in [0.25, 0.3) is 11.1 Å². The summed E-state index contributed by atoms with van der Waals surface area (Å²) in [5.74, 6) is -1.30. The predicted octanol–water partition coefficient (Wildman–Crippen LogP) is 4.46. The van der Waals surface area contributed by atoms with Crippen LogP contribution in [0.3, 0.4) is 0 Å². The quantitative estimate of drug-likeness (QED) is 0.595. The van der Waals surface area contributed by atoms with Gasteiger partial charge in [0.2, 0.25) is 0 Å². The van der Waals surface area contributed by atoms with Gasteiger partial charge < -0.3 is 9.84 Å². The van der Waals surface area contributed by atoms with Crippen molar-refractivity contribution < 1.29 is 19.4 Å². The summed E-state index contributed by atoms with van der Waals surface area (Å²) in [5.41, 5.74) is 1.41. The number of aliphatic hydroxyl groups excluding tert-OH is 1. The maximum absolute atomic E-state index is 13.5. The molecule has 6 nitrogen and oxygen atoms in total. The largest absolute Gasteiger partial charge is 0.384 e. The van der Waals surface area contributed by atoms with E-state index in [0.717, 1.165) is 10.5 Å². The first-order valence-electron chi connectivity index (χ1n) is 9.90.